The third-order valence-corrected chi connectivity index (χ3v) is 9.61. The lowest BCUT2D eigenvalue weighted by molar-refractivity contribution is -0.159. The van der Waals surface area contributed by atoms with Crippen molar-refractivity contribution < 1.29 is 28.5 Å². The number of rotatable bonds is 9. The van der Waals surface area contributed by atoms with Crippen LogP contribution >= 0.6 is 0 Å². The molecule has 2 saturated heterocycles. The fourth-order valence-electron chi connectivity index (χ4n) is 6.86. The molecule has 0 aliphatic carbocycles. The minimum absolute atomic E-state index is 0.0347. The Morgan fingerprint density at radius 3 is 2.76 bits per heavy atom. The number of esters is 1. The Bertz CT molecular complexity index is 2030. The van der Waals surface area contributed by atoms with E-state index in [2.05, 4.69) is 25.6 Å². The van der Waals surface area contributed by atoms with Crippen LogP contribution in [0, 0.1) is 5.92 Å². The van der Waals surface area contributed by atoms with Gasteiger partial charge in [-0.15, -0.1) is 0 Å². The van der Waals surface area contributed by atoms with E-state index in [1.807, 2.05) is 30.5 Å². The largest absolute Gasteiger partial charge is 0.494 e. The molecule has 5 aromatic rings. The molecule has 0 atom stereocenters. The molecule has 3 aliphatic heterocycles. The number of pyridine rings is 1. The van der Waals surface area contributed by atoms with Crippen molar-refractivity contribution in [2.24, 2.45) is 5.92 Å². The Morgan fingerprint density at radius 2 is 1.92 bits per heavy atom. The predicted octanol–water partition coefficient (Wildman–Crippen LogP) is 3.11. The summed E-state index contributed by atoms with van der Waals surface area (Å²) >= 11 is 0. The van der Waals surface area contributed by atoms with Gasteiger partial charge in [0.1, 0.15) is 29.9 Å². The van der Waals surface area contributed by atoms with Gasteiger partial charge in [-0.05, 0) is 38.1 Å². The summed E-state index contributed by atoms with van der Waals surface area (Å²) in [6.45, 7) is 5.11. The molecule has 0 bridgehead atoms. The molecule has 2 fully saturated rings. The van der Waals surface area contributed by atoms with Crippen LogP contribution in [0.2, 0.25) is 0 Å². The van der Waals surface area contributed by atoms with E-state index < -0.39 is 0 Å². The number of ether oxygens (including phenoxy) is 4. The van der Waals surface area contributed by atoms with Crippen LogP contribution < -0.4 is 20.1 Å². The Hall–Kier alpha value is -5.28. The first-order chi connectivity index (χ1) is 24.6. The van der Waals surface area contributed by atoms with E-state index in [0.29, 0.717) is 78.9 Å². The number of methoxy groups -OCH3 is 1. The molecule has 15 nitrogen and oxygen atoms in total. The smallest absolute Gasteiger partial charge is 0.309 e. The van der Waals surface area contributed by atoms with Crippen LogP contribution in [-0.2, 0) is 14.3 Å². The first-order valence-corrected chi connectivity index (χ1v) is 17.1. The second kappa shape index (κ2) is 13.9. The number of nitrogens with one attached hydrogen (secondary N) is 2. The van der Waals surface area contributed by atoms with Crippen molar-refractivity contribution in [3.05, 3.63) is 54.7 Å². The summed E-state index contributed by atoms with van der Waals surface area (Å²) in [7, 11) is 1.60. The van der Waals surface area contributed by atoms with Gasteiger partial charge in [-0.25, -0.2) is 14.2 Å². The zero-order valence-electron chi connectivity index (χ0n) is 27.8. The van der Waals surface area contributed by atoms with Crippen LogP contribution in [-0.4, -0.2) is 112 Å². The van der Waals surface area contributed by atoms with Gasteiger partial charge in [0.2, 0.25) is 0 Å². The molecule has 0 saturated carbocycles. The van der Waals surface area contributed by atoms with Gasteiger partial charge < -0.3 is 34.5 Å². The highest BCUT2D eigenvalue weighted by Crippen LogP contribution is 2.38. The number of aromatic nitrogens is 6. The van der Waals surface area contributed by atoms with E-state index in [4.69, 9.17) is 29.0 Å². The van der Waals surface area contributed by atoms with E-state index in [1.165, 1.54) is 0 Å². The van der Waals surface area contributed by atoms with Crippen LogP contribution in [0.15, 0.2) is 49.1 Å². The molecule has 1 aromatic carbocycles. The van der Waals surface area contributed by atoms with Crippen LogP contribution in [0.25, 0.3) is 33.5 Å². The number of anilines is 1. The van der Waals surface area contributed by atoms with E-state index in [0.717, 1.165) is 50.0 Å². The first kappa shape index (κ1) is 32.0. The second-order valence-corrected chi connectivity index (χ2v) is 12.7. The fourth-order valence-corrected chi connectivity index (χ4v) is 6.86. The average Bonchev–Trinajstić information content (AvgIpc) is 3.77. The zero-order chi connectivity index (χ0) is 34.0. The van der Waals surface area contributed by atoms with Gasteiger partial charge in [0.15, 0.2) is 11.3 Å². The molecule has 1 amide bonds. The molecule has 260 valence electrons. The van der Waals surface area contributed by atoms with Crippen molar-refractivity contribution in [1.29, 1.82) is 0 Å². The lowest BCUT2D eigenvalue weighted by Crippen LogP contribution is -2.42. The van der Waals surface area contributed by atoms with Crippen molar-refractivity contribution in [2.45, 2.75) is 31.8 Å². The fraction of sp³-hybridized carbons (Fsp3) is 0.429. The summed E-state index contributed by atoms with van der Waals surface area (Å²) in [5, 5.41) is 16.3. The number of likely N-dealkylation sites (tertiary alicyclic amines) is 1. The van der Waals surface area contributed by atoms with Crippen LogP contribution in [0.5, 0.6) is 11.5 Å². The molecule has 3 aliphatic rings. The predicted molar refractivity (Wildman–Crippen MR) is 183 cm³/mol. The number of amides is 1. The number of carbonyl (C=O) groups excluding carboxylic acids is 2. The number of piperidine rings is 1. The molecular weight excluding hydrogens is 642 g/mol. The number of hydrogen-bond donors (Lipinski definition) is 2. The van der Waals surface area contributed by atoms with Crippen molar-refractivity contribution in [1.82, 2.24) is 39.6 Å². The average molecular weight is 682 g/mol. The van der Waals surface area contributed by atoms with Gasteiger partial charge in [-0.2, -0.15) is 10.2 Å². The Morgan fingerprint density at radius 1 is 1.06 bits per heavy atom. The molecule has 0 radical (unpaired) electrons. The van der Waals surface area contributed by atoms with Gasteiger partial charge in [0, 0.05) is 63.2 Å². The summed E-state index contributed by atoms with van der Waals surface area (Å²) in [5.41, 5.74) is 4.39. The van der Waals surface area contributed by atoms with Crippen molar-refractivity contribution in [3.63, 3.8) is 0 Å². The normalized spacial score (nSPS) is 17.2. The minimum Gasteiger partial charge on any atom is -0.494 e. The van der Waals surface area contributed by atoms with Gasteiger partial charge in [-0.3, -0.25) is 14.6 Å². The quantitative estimate of drug-likeness (QED) is 0.219. The molecule has 15 heteroatoms. The highest BCUT2D eigenvalue weighted by atomic mass is 16.6. The van der Waals surface area contributed by atoms with Crippen molar-refractivity contribution in [2.75, 3.05) is 65.0 Å². The maximum atomic E-state index is 13.8. The van der Waals surface area contributed by atoms with Gasteiger partial charge in [0.25, 0.3) is 5.91 Å². The third kappa shape index (κ3) is 6.29. The van der Waals surface area contributed by atoms with E-state index in [1.54, 1.807) is 34.9 Å². The number of nitrogens with zero attached hydrogens (tertiary/aromatic N) is 7. The SMILES string of the molecule is COc1cc2c(cc1-n1nc(C(=O)NCCN3CCC(C(=O)OC4CCOCC4)CC3)c3cnc(-c4cnn5cccnc45)cc31)OCCN2. The number of hydrogen-bond acceptors (Lipinski definition) is 12. The van der Waals surface area contributed by atoms with Crippen molar-refractivity contribution >= 4 is 34.1 Å². The topological polar surface area (TPSA) is 159 Å². The molecule has 8 rings (SSSR count). The van der Waals surface area contributed by atoms with E-state index >= 15 is 0 Å². The molecule has 50 heavy (non-hydrogen) atoms. The monoisotopic (exact) mass is 681 g/mol. The number of benzene rings is 1. The standard InChI is InChI=1S/C35H39N9O6/c1-47-31-18-27-30(49-16-9-36-27)19-29(31)44-28-17-26(24-21-40-43-10-2-7-37-33(24)43)39-20-25(28)32(41-44)34(45)38-8-13-42-11-3-22(4-12-42)35(46)50-23-5-14-48-15-6-23/h2,7,10,17-23,36H,3-6,8-9,11-16H2,1H3,(H,38,45). The van der Waals surface area contributed by atoms with E-state index in [9.17, 15) is 9.59 Å². The Balaban J connectivity index is 1.02. The number of fused-ring (bicyclic) bond motifs is 3. The summed E-state index contributed by atoms with van der Waals surface area (Å²) in [5.74, 6) is 0.735. The van der Waals surface area contributed by atoms with Crippen LogP contribution in [0.4, 0.5) is 5.69 Å². The minimum atomic E-state index is -0.314. The molecule has 0 spiro atoms. The lowest BCUT2D eigenvalue weighted by Gasteiger charge is -2.32. The molecule has 4 aromatic heterocycles. The third-order valence-electron chi connectivity index (χ3n) is 9.61. The molecule has 7 heterocycles. The van der Waals surface area contributed by atoms with Crippen LogP contribution in [0.3, 0.4) is 0 Å². The maximum Gasteiger partial charge on any atom is 0.309 e. The highest BCUT2D eigenvalue weighted by molar-refractivity contribution is 6.05. The highest BCUT2D eigenvalue weighted by Gasteiger charge is 2.29. The first-order valence-electron chi connectivity index (χ1n) is 17.1. The Kier molecular flexibility index (Phi) is 8.89. The van der Waals surface area contributed by atoms with E-state index in [-0.39, 0.29) is 29.6 Å². The summed E-state index contributed by atoms with van der Waals surface area (Å²) in [6.07, 6.45) is 9.90. The van der Waals surface area contributed by atoms with Gasteiger partial charge >= 0.3 is 5.97 Å². The Labute approximate surface area is 287 Å². The molecular formula is C35H39N9O6. The number of carbonyl (C=O) groups is 2. The van der Waals surface area contributed by atoms with Gasteiger partial charge in [-0.1, -0.05) is 0 Å². The zero-order valence-corrected chi connectivity index (χ0v) is 27.8. The van der Waals surface area contributed by atoms with Crippen LogP contribution in [0.1, 0.15) is 36.2 Å². The summed E-state index contributed by atoms with van der Waals surface area (Å²) in [6, 6.07) is 7.45. The van der Waals surface area contributed by atoms with Gasteiger partial charge in [0.05, 0.1) is 60.3 Å². The molecule has 2 N–H and O–H groups in total. The molecule has 0 unspecified atom stereocenters. The second-order valence-electron chi connectivity index (χ2n) is 12.7. The summed E-state index contributed by atoms with van der Waals surface area (Å²) in [4.78, 5) is 38.0. The maximum absolute atomic E-state index is 13.8. The van der Waals surface area contributed by atoms with Crippen molar-refractivity contribution in [3.8, 4) is 28.4 Å². The summed E-state index contributed by atoms with van der Waals surface area (Å²) < 4.78 is 26.3. The lowest BCUT2D eigenvalue weighted by atomic mass is 9.97.